The Morgan fingerprint density at radius 3 is 2.37 bits per heavy atom. The SMILES string of the molecule is COc1ccc(/C=C2\N=C(c3ccc(Cl)cc3Cl)OC2=O)c(OC)c1OC. The van der Waals surface area contributed by atoms with Crippen LogP contribution in [0, 0.1) is 0 Å². The number of esters is 1. The second kappa shape index (κ2) is 7.90. The second-order valence-corrected chi connectivity index (χ2v) is 6.23. The largest absolute Gasteiger partial charge is 0.493 e. The lowest BCUT2D eigenvalue weighted by Crippen LogP contribution is -2.06. The highest BCUT2D eigenvalue weighted by molar-refractivity contribution is 6.37. The molecule has 2 aromatic rings. The molecule has 0 bridgehead atoms. The number of hydrogen-bond donors (Lipinski definition) is 0. The van der Waals surface area contributed by atoms with E-state index in [2.05, 4.69) is 4.99 Å². The highest BCUT2D eigenvalue weighted by Gasteiger charge is 2.26. The third-order valence-electron chi connectivity index (χ3n) is 3.81. The van der Waals surface area contributed by atoms with E-state index >= 15 is 0 Å². The van der Waals surface area contributed by atoms with Crippen molar-refractivity contribution in [1.82, 2.24) is 0 Å². The molecule has 6 nitrogen and oxygen atoms in total. The Labute approximate surface area is 165 Å². The lowest BCUT2D eigenvalue weighted by molar-refractivity contribution is -0.129. The highest BCUT2D eigenvalue weighted by Crippen LogP contribution is 2.41. The Balaban J connectivity index is 2.05. The molecule has 0 amide bonds. The Bertz CT molecular complexity index is 969. The van der Waals surface area contributed by atoms with E-state index in [0.717, 1.165) is 0 Å². The third kappa shape index (κ3) is 3.72. The summed E-state index contributed by atoms with van der Waals surface area (Å²) >= 11 is 12.1. The molecule has 1 aliphatic heterocycles. The molecule has 1 aliphatic rings. The van der Waals surface area contributed by atoms with Gasteiger partial charge in [-0.25, -0.2) is 9.79 Å². The molecule has 0 spiro atoms. The summed E-state index contributed by atoms with van der Waals surface area (Å²) in [6, 6.07) is 8.25. The van der Waals surface area contributed by atoms with Crippen molar-refractivity contribution in [3.05, 3.63) is 57.2 Å². The van der Waals surface area contributed by atoms with E-state index < -0.39 is 5.97 Å². The molecular formula is C19H15Cl2NO5. The minimum absolute atomic E-state index is 0.0986. The van der Waals surface area contributed by atoms with Crippen molar-refractivity contribution in [2.75, 3.05) is 21.3 Å². The molecule has 0 unspecified atom stereocenters. The van der Waals surface area contributed by atoms with Crippen LogP contribution in [0.4, 0.5) is 0 Å². The third-order valence-corrected chi connectivity index (χ3v) is 4.36. The minimum Gasteiger partial charge on any atom is -0.493 e. The molecule has 1 heterocycles. The number of cyclic esters (lactones) is 1. The molecular weight excluding hydrogens is 393 g/mol. The summed E-state index contributed by atoms with van der Waals surface area (Å²) in [6.45, 7) is 0. The van der Waals surface area contributed by atoms with Crippen LogP contribution in [0.15, 0.2) is 41.0 Å². The quantitative estimate of drug-likeness (QED) is 0.543. The van der Waals surface area contributed by atoms with Gasteiger partial charge in [0.05, 0.1) is 31.9 Å². The predicted molar refractivity (Wildman–Crippen MR) is 103 cm³/mol. The van der Waals surface area contributed by atoms with Crippen molar-refractivity contribution < 1.29 is 23.7 Å². The van der Waals surface area contributed by atoms with E-state index in [1.165, 1.54) is 21.3 Å². The van der Waals surface area contributed by atoms with Crippen LogP contribution in [0.1, 0.15) is 11.1 Å². The molecule has 8 heteroatoms. The van der Waals surface area contributed by atoms with Gasteiger partial charge in [-0.2, -0.15) is 0 Å². The van der Waals surface area contributed by atoms with Crippen LogP contribution in [0.2, 0.25) is 10.0 Å². The molecule has 0 aliphatic carbocycles. The second-order valence-electron chi connectivity index (χ2n) is 5.38. The Kier molecular flexibility index (Phi) is 5.58. The summed E-state index contributed by atoms with van der Waals surface area (Å²) in [5.74, 6) is 0.818. The summed E-state index contributed by atoms with van der Waals surface area (Å²) < 4.78 is 21.3. The van der Waals surface area contributed by atoms with E-state index in [9.17, 15) is 4.79 Å². The first-order valence-electron chi connectivity index (χ1n) is 7.75. The zero-order chi connectivity index (χ0) is 19.6. The maximum absolute atomic E-state index is 12.2. The summed E-state index contributed by atoms with van der Waals surface area (Å²) in [5.41, 5.74) is 1.15. The van der Waals surface area contributed by atoms with Crippen LogP contribution >= 0.6 is 23.2 Å². The van der Waals surface area contributed by atoms with E-state index in [4.69, 9.17) is 42.1 Å². The average Bonchev–Trinajstić information content (AvgIpc) is 3.01. The van der Waals surface area contributed by atoms with E-state index in [1.807, 2.05) is 0 Å². The monoisotopic (exact) mass is 407 g/mol. The van der Waals surface area contributed by atoms with Gasteiger partial charge in [0, 0.05) is 10.6 Å². The first-order chi connectivity index (χ1) is 13.0. The number of carbonyl (C=O) groups is 1. The highest BCUT2D eigenvalue weighted by atomic mass is 35.5. The van der Waals surface area contributed by atoms with Crippen LogP contribution in [0.3, 0.4) is 0 Å². The lowest BCUT2D eigenvalue weighted by atomic mass is 10.1. The maximum atomic E-state index is 12.2. The summed E-state index contributed by atoms with van der Waals surface area (Å²) in [7, 11) is 4.52. The molecule has 3 rings (SSSR count). The molecule has 0 saturated heterocycles. The molecule has 0 fully saturated rings. The predicted octanol–water partition coefficient (Wildman–Crippen LogP) is 4.36. The Morgan fingerprint density at radius 2 is 1.74 bits per heavy atom. The van der Waals surface area contributed by atoms with Crippen molar-refractivity contribution in [2.24, 2.45) is 4.99 Å². The fraction of sp³-hybridized carbons (Fsp3) is 0.158. The number of halogens is 2. The fourth-order valence-corrected chi connectivity index (χ4v) is 3.06. The lowest BCUT2D eigenvalue weighted by Gasteiger charge is -2.14. The molecule has 2 aromatic carbocycles. The minimum atomic E-state index is -0.604. The number of carbonyl (C=O) groups excluding carboxylic acids is 1. The summed E-state index contributed by atoms with van der Waals surface area (Å²) in [6.07, 6.45) is 1.54. The van der Waals surface area contributed by atoms with Gasteiger partial charge < -0.3 is 18.9 Å². The Hall–Kier alpha value is -2.70. The topological polar surface area (TPSA) is 66.4 Å². The van der Waals surface area contributed by atoms with E-state index in [1.54, 1.807) is 36.4 Å². The van der Waals surface area contributed by atoms with Crippen molar-refractivity contribution >= 4 is 41.1 Å². The van der Waals surface area contributed by atoms with Gasteiger partial charge in [0.15, 0.2) is 17.2 Å². The smallest absolute Gasteiger partial charge is 0.363 e. The van der Waals surface area contributed by atoms with Crippen molar-refractivity contribution in [3.8, 4) is 17.2 Å². The maximum Gasteiger partial charge on any atom is 0.363 e. The fourth-order valence-electron chi connectivity index (χ4n) is 2.57. The van der Waals surface area contributed by atoms with Gasteiger partial charge in [0.2, 0.25) is 11.6 Å². The first kappa shape index (κ1) is 19.1. The first-order valence-corrected chi connectivity index (χ1v) is 8.51. The van der Waals surface area contributed by atoms with Gasteiger partial charge in [-0.1, -0.05) is 23.2 Å². The van der Waals surface area contributed by atoms with Crippen LogP contribution in [-0.2, 0) is 9.53 Å². The molecule has 0 radical (unpaired) electrons. The van der Waals surface area contributed by atoms with Gasteiger partial charge in [0.25, 0.3) is 0 Å². The van der Waals surface area contributed by atoms with Crippen LogP contribution in [0.5, 0.6) is 17.2 Å². The van der Waals surface area contributed by atoms with E-state index in [-0.39, 0.29) is 11.6 Å². The molecule has 0 saturated carbocycles. The number of nitrogens with zero attached hydrogens (tertiary/aromatic N) is 1. The zero-order valence-corrected chi connectivity index (χ0v) is 16.2. The van der Waals surface area contributed by atoms with Crippen LogP contribution in [-0.4, -0.2) is 33.2 Å². The molecule has 0 N–H and O–H groups in total. The number of aliphatic imine (C=N–C) groups is 1. The van der Waals surface area contributed by atoms with Gasteiger partial charge in [-0.15, -0.1) is 0 Å². The zero-order valence-electron chi connectivity index (χ0n) is 14.7. The average molecular weight is 408 g/mol. The van der Waals surface area contributed by atoms with Gasteiger partial charge >= 0.3 is 5.97 Å². The van der Waals surface area contributed by atoms with Crippen LogP contribution in [0.25, 0.3) is 6.08 Å². The number of methoxy groups -OCH3 is 3. The van der Waals surface area contributed by atoms with Gasteiger partial charge in [0.1, 0.15) is 0 Å². The standard InChI is InChI=1S/C19H15Cl2NO5/c1-24-15-7-4-10(16(25-2)17(15)26-3)8-14-19(23)27-18(22-14)12-6-5-11(20)9-13(12)21/h4-9H,1-3H3/b14-8-. The van der Waals surface area contributed by atoms with Gasteiger partial charge in [-0.3, -0.25) is 0 Å². The number of ether oxygens (including phenoxy) is 4. The number of hydrogen-bond acceptors (Lipinski definition) is 6. The number of rotatable bonds is 5. The molecule has 0 atom stereocenters. The Morgan fingerprint density at radius 1 is 1.00 bits per heavy atom. The summed E-state index contributed by atoms with van der Waals surface area (Å²) in [5, 5.41) is 0.804. The molecule has 140 valence electrons. The van der Waals surface area contributed by atoms with Gasteiger partial charge in [-0.05, 0) is 36.4 Å². The van der Waals surface area contributed by atoms with Crippen LogP contribution < -0.4 is 14.2 Å². The molecule has 0 aromatic heterocycles. The van der Waals surface area contributed by atoms with Crippen molar-refractivity contribution in [3.63, 3.8) is 0 Å². The normalized spacial score (nSPS) is 14.8. The van der Waals surface area contributed by atoms with E-state index in [0.29, 0.717) is 38.4 Å². The van der Waals surface area contributed by atoms with Crippen molar-refractivity contribution in [2.45, 2.75) is 0 Å². The summed E-state index contributed by atoms with van der Waals surface area (Å²) in [4.78, 5) is 16.5. The van der Waals surface area contributed by atoms with Crippen molar-refractivity contribution in [1.29, 1.82) is 0 Å². The molecule has 27 heavy (non-hydrogen) atoms. The number of benzene rings is 2.